The maximum absolute atomic E-state index is 12.7. The maximum Gasteiger partial charge on any atom is 0.338 e. The predicted octanol–water partition coefficient (Wildman–Crippen LogP) is 4.38. The number of aromatic nitrogens is 3. The van der Waals surface area contributed by atoms with Gasteiger partial charge in [-0.05, 0) is 47.8 Å². The summed E-state index contributed by atoms with van der Waals surface area (Å²) in [7, 11) is 0. The van der Waals surface area contributed by atoms with Crippen LogP contribution in [0.1, 0.15) is 45.4 Å². The highest BCUT2D eigenvalue weighted by Gasteiger charge is 2.37. The zero-order valence-corrected chi connectivity index (χ0v) is 17.3. The number of hydrogen-bond donors (Lipinski definition) is 1. The lowest BCUT2D eigenvalue weighted by molar-refractivity contribution is -0.139. The van der Waals surface area contributed by atoms with Crippen molar-refractivity contribution in [3.8, 4) is 0 Å². The van der Waals surface area contributed by atoms with Gasteiger partial charge in [0.05, 0.1) is 12.2 Å². The number of fused-ring (bicyclic) bond motifs is 1. The molecule has 0 saturated heterocycles. The number of nitrogens with zero attached hydrogens (tertiary/aromatic N) is 3. The van der Waals surface area contributed by atoms with Crippen molar-refractivity contribution < 1.29 is 13.9 Å². The van der Waals surface area contributed by atoms with Gasteiger partial charge in [0.1, 0.15) is 11.8 Å². The molecule has 2 aromatic rings. The Bertz CT molecular complexity index is 830. The van der Waals surface area contributed by atoms with Crippen LogP contribution >= 0.6 is 27.7 Å². The van der Waals surface area contributed by atoms with Gasteiger partial charge in [-0.15, -0.1) is 5.10 Å². The minimum atomic E-state index is -0.523. The third-order valence-corrected chi connectivity index (χ3v) is 5.26. The van der Waals surface area contributed by atoms with Crippen LogP contribution in [0.4, 0.5) is 5.95 Å². The summed E-state index contributed by atoms with van der Waals surface area (Å²) in [5, 5.41) is 8.43. The van der Waals surface area contributed by atoms with Crippen LogP contribution in [0.2, 0.25) is 0 Å². The lowest BCUT2D eigenvalue weighted by Crippen LogP contribution is -2.29. The van der Waals surface area contributed by atoms with Gasteiger partial charge in [0, 0.05) is 11.4 Å². The molecule has 0 bridgehead atoms. The normalized spacial score (nSPS) is 16.4. The van der Waals surface area contributed by atoms with E-state index in [0.717, 1.165) is 18.6 Å². The third kappa shape index (κ3) is 3.83. The second-order valence-electron chi connectivity index (χ2n) is 5.86. The van der Waals surface area contributed by atoms with Gasteiger partial charge in [-0.25, -0.2) is 9.48 Å². The first-order valence-corrected chi connectivity index (χ1v) is 10.3. The fourth-order valence-electron chi connectivity index (χ4n) is 2.66. The second kappa shape index (κ2) is 8.30. The number of nitrogens with one attached hydrogen (secondary N) is 1. The minimum absolute atomic E-state index is 0.367. The van der Waals surface area contributed by atoms with Crippen molar-refractivity contribution in [1.82, 2.24) is 14.8 Å². The number of halogens is 1. The summed E-state index contributed by atoms with van der Waals surface area (Å²) in [6.45, 7) is 6.27. The average Bonchev–Trinajstić information content (AvgIpc) is 3.22. The summed E-state index contributed by atoms with van der Waals surface area (Å²) >= 11 is 4.91. The number of hydrogen-bond acceptors (Lipinski definition) is 7. The first-order chi connectivity index (χ1) is 12.5. The van der Waals surface area contributed by atoms with Crippen LogP contribution in [-0.4, -0.2) is 33.1 Å². The molecule has 0 saturated carbocycles. The first-order valence-electron chi connectivity index (χ1n) is 8.54. The SMILES string of the molecule is CCCOC(=O)C1=C(C)Nc2nc(SCCC)nn2C1c1ccc(Br)o1. The molecule has 1 atom stereocenters. The summed E-state index contributed by atoms with van der Waals surface area (Å²) in [5.74, 6) is 1.74. The average molecular weight is 441 g/mol. The smallest absolute Gasteiger partial charge is 0.338 e. The van der Waals surface area contributed by atoms with Gasteiger partial charge in [0.25, 0.3) is 0 Å². The Morgan fingerprint density at radius 2 is 2.23 bits per heavy atom. The number of carbonyl (C=O) groups is 1. The number of anilines is 1. The summed E-state index contributed by atoms with van der Waals surface area (Å²) in [5.41, 5.74) is 1.17. The largest absolute Gasteiger partial charge is 0.462 e. The van der Waals surface area contributed by atoms with E-state index < -0.39 is 6.04 Å². The Kier molecular flexibility index (Phi) is 6.08. The van der Waals surface area contributed by atoms with Crippen LogP contribution < -0.4 is 5.32 Å². The van der Waals surface area contributed by atoms with Crippen molar-refractivity contribution in [2.75, 3.05) is 17.7 Å². The molecule has 2 aromatic heterocycles. The van der Waals surface area contributed by atoms with Gasteiger partial charge in [0.2, 0.25) is 11.1 Å². The monoisotopic (exact) mass is 440 g/mol. The van der Waals surface area contributed by atoms with Gasteiger partial charge < -0.3 is 14.5 Å². The zero-order valence-electron chi connectivity index (χ0n) is 14.9. The Labute approximate surface area is 164 Å². The Hall–Kier alpha value is -1.74. The standard InChI is InChI=1S/C17H21BrN4O3S/c1-4-8-24-15(23)13-10(3)19-16-20-17(26-9-5-2)21-22(16)14(13)11-6-7-12(18)25-11/h6-7,14H,4-5,8-9H2,1-3H3,(H,19,20,21). The summed E-state index contributed by atoms with van der Waals surface area (Å²) in [6.07, 6.45) is 1.79. The second-order valence-corrected chi connectivity index (χ2v) is 7.70. The third-order valence-electron chi connectivity index (χ3n) is 3.79. The number of thioether (sulfide) groups is 1. The lowest BCUT2D eigenvalue weighted by atomic mass is 10.0. The molecule has 9 heteroatoms. The highest BCUT2D eigenvalue weighted by atomic mass is 79.9. The molecule has 3 rings (SSSR count). The van der Waals surface area contributed by atoms with E-state index in [9.17, 15) is 4.79 Å². The molecule has 0 radical (unpaired) electrons. The molecule has 140 valence electrons. The number of carbonyl (C=O) groups excluding carboxylic acids is 1. The molecule has 7 nitrogen and oxygen atoms in total. The molecule has 0 aromatic carbocycles. The maximum atomic E-state index is 12.7. The molecule has 3 heterocycles. The van der Waals surface area contributed by atoms with E-state index in [-0.39, 0.29) is 5.97 Å². The Balaban J connectivity index is 2.03. The van der Waals surface area contributed by atoms with E-state index in [4.69, 9.17) is 9.15 Å². The van der Waals surface area contributed by atoms with Gasteiger partial charge in [-0.3, -0.25) is 0 Å². The Morgan fingerprint density at radius 1 is 1.42 bits per heavy atom. The van der Waals surface area contributed by atoms with Crippen molar-refractivity contribution in [2.45, 2.75) is 44.8 Å². The molecule has 1 N–H and O–H groups in total. The highest BCUT2D eigenvalue weighted by Crippen LogP contribution is 2.38. The van der Waals surface area contributed by atoms with Crippen LogP contribution in [0.15, 0.2) is 37.6 Å². The summed E-state index contributed by atoms with van der Waals surface area (Å²) < 4.78 is 13.4. The molecule has 1 aliphatic heterocycles. The van der Waals surface area contributed by atoms with Crippen molar-refractivity contribution in [1.29, 1.82) is 0 Å². The number of furan rings is 1. The summed E-state index contributed by atoms with van der Waals surface area (Å²) in [6, 6.07) is 3.10. The molecule has 1 aliphatic rings. The lowest BCUT2D eigenvalue weighted by Gasteiger charge is -2.26. The van der Waals surface area contributed by atoms with Gasteiger partial charge in [-0.2, -0.15) is 4.98 Å². The molecular formula is C17H21BrN4O3S. The van der Waals surface area contributed by atoms with Crippen molar-refractivity contribution >= 4 is 39.6 Å². The predicted molar refractivity (Wildman–Crippen MR) is 103 cm³/mol. The van der Waals surface area contributed by atoms with E-state index in [2.05, 4.69) is 38.3 Å². The van der Waals surface area contributed by atoms with E-state index in [1.54, 1.807) is 22.5 Å². The van der Waals surface area contributed by atoms with Crippen molar-refractivity contribution in [3.63, 3.8) is 0 Å². The van der Waals surface area contributed by atoms with Gasteiger partial charge in [0.15, 0.2) is 4.67 Å². The minimum Gasteiger partial charge on any atom is -0.462 e. The van der Waals surface area contributed by atoms with E-state index in [1.165, 1.54) is 0 Å². The topological polar surface area (TPSA) is 82.2 Å². The van der Waals surface area contributed by atoms with Crippen LogP contribution in [-0.2, 0) is 9.53 Å². The molecular weight excluding hydrogens is 420 g/mol. The van der Waals surface area contributed by atoms with E-state index in [1.807, 2.05) is 19.9 Å². The van der Waals surface area contributed by atoms with Crippen LogP contribution in [0.25, 0.3) is 0 Å². The van der Waals surface area contributed by atoms with Crippen molar-refractivity contribution in [2.24, 2.45) is 0 Å². The zero-order chi connectivity index (χ0) is 18.7. The van der Waals surface area contributed by atoms with Gasteiger partial charge in [-0.1, -0.05) is 25.6 Å². The number of rotatable bonds is 7. The molecule has 0 fully saturated rings. The quantitative estimate of drug-likeness (QED) is 0.505. The number of esters is 1. The van der Waals surface area contributed by atoms with Crippen LogP contribution in [0, 0.1) is 0 Å². The van der Waals surface area contributed by atoms with E-state index >= 15 is 0 Å². The number of allylic oxidation sites excluding steroid dienone is 1. The molecule has 1 unspecified atom stereocenters. The van der Waals surface area contributed by atoms with Gasteiger partial charge >= 0.3 is 5.97 Å². The molecule has 0 amide bonds. The molecule has 0 aliphatic carbocycles. The Morgan fingerprint density at radius 3 is 2.88 bits per heavy atom. The fraction of sp³-hybridized carbons (Fsp3) is 0.471. The molecule has 26 heavy (non-hydrogen) atoms. The van der Waals surface area contributed by atoms with Crippen molar-refractivity contribution in [3.05, 3.63) is 33.8 Å². The van der Waals surface area contributed by atoms with Crippen LogP contribution in [0.5, 0.6) is 0 Å². The fourth-order valence-corrected chi connectivity index (χ4v) is 3.66. The molecule has 0 spiro atoms. The summed E-state index contributed by atoms with van der Waals surface area (Å²) in [4.78, 5) is 17.2. The number of ether oxygens (including phenoxy) is 1. The van der Waals surface area contributed by atoms with E-state index in [0.29, 0.717) is 39.4 Å². The van der Waals surface area contributed by atoms with Crippen LogP contribution in [0.3, 0.4) is 0 Å². The highest BCUT2D eigenvalue weighted by molar-refractivity contribution is 9.10. The first kappa shape index (κ1) is 19.0.